The van der Waals surface area contributed by atoms with E-state index in [9.17, 15) is 0 Å². The lowest BCUT2D eigenvalue weighted by molar-refractivity contribution is 0.589. The Labute approximate surface area is 128 Å². The lowest BCUT2D eigenvalue weighted by atomic mass is 10.0. The summed E-state index contributed by atoms with van der Waals surface area (Å²) in [6.45, 7) is -3.95. The molecular formula is C15H24. The van der Waals surface area contributed by atoms with Crippen LogP contribution in [-0.2, 0) is 6.37 Å². The fourth-order valence-electron chi connectivity index (χ4n) is 0.562. The Bertz CT molecular complexity index is 1080. The minimum Gasteiger partial charge on any atom is -0.0654 e. The third-order valence-corrected chi connectivity index (χ3v) is 1.06. The smallest absolute Gasteiger partial charge is 0.0626 e. The highest BCUT2D eigenvalue weighted by Gasteiger charge is 1.92. The van der Waals surface area contributed by atoms with Crippen LogP contribution in [0.1, 0.15) is 89.9 Å². The summed E-state index contributed by atoms with van der Waals surface area (Å²) in [5, 5.41) is 0. The van der Waals surface area contributed by atoms with Crippen LogP contribution in [0.15, 0.2) is 30.2 Å². The highest BCUT2D eigenvalue weighted by molar-refractivity contribution is 5.14. The lowest BCUT2D eigenvalue weighted by Gasteiger charge is -2.01. The molecule has 1 rings (SSSR count). The first-order valence-corrected chi connectivity index (χ1v) is 3.75. The predicted molar refractivity (Wildman–Crippen MR) is 68.1 cm³/mol. The maximum Gasteiger partial charge on any atom is 0.0626 e. The van der Waals surface area contributed by atoms with Crippen LogP contribution in [0.2, 0.25) is 0 Å². The summed E-state index contributed by atoms with van der Waals surface area (Å²) in [7, 11) is 0. The molecule has 0 saturated carbocycles. The van der Waals surface area contributed by atoms with Crippen LogP contribution >= 0.6 is 0 Å². The molecule has 0 aromatic heterocycles. The summed E-state index contributed by atoms with van der Waals surface area (Å²) in [5.41, 5.74) is -1.48. The maximum atomic E-state index is 8.21. The van der Waals surface area contributed by atoms with Gasteiger partial charge in [-0.05, 0) is 18.3 Å². The second-order valence-electron chi connectivity index (χ2n) is 2.00. The van der Waals surface area contributed by atoms with Gasteiger partial charge in [-0.15, -0.1) is 0 Å². The number of hydrogen-bond donors (Lipinski definition) is 0. The third-order valence-electron chi connectivity index (χ3n) is 1.06. The molecular weight excluding hydrogens is 180 g/mol. The van der Waals surface area contributed by atoms with Gasteiger partial charge in [-0.25, -0.2) is 0 Å². The van der Waals surface area contributed by atoms with Gasteiger partial charge in [-0.1, -0.05) is 75.3 Å². The summed E-state index contributed by atoms with van der Waals surface area (Å²) in [5.74, 6) is 0. The maximum absolute atomic E-state index is 8.21. The van der Waals surface area contributed by atoms with Gasteiger partial charge in [0, 0.05) is 26.0 Å². The number of rotatable bonds is 8. The highest BCUT2D eigenvalue weighted by Crippen LogP contribution is 2.10. The molecule has 0 aliphatic rings. The first-order chi connectivity index (χ1) is 16.7. The molecule has 0 fully saturated rings. The van der Waals surface area contributed by atoms with Gasteiger partial charge >= 0.3 is 0 Å². The average Bonchev–Trinajstić information content (AvgIpc) is 2.74. The van der Waals surface area contributed by atoms with E-state index in [1.165, 1.54) is 0 Å². The molecule has 0 amide bonds. The Morgan fingerprint density at radius 2 is 1.67 bits per heavy atom. The Balaban J connectivity index is 3.98. The Hall–Kier alpha value is -0.780. The molecule has 0 heterocycles. The molecule has 0 unspecified atom stereocenters. The van der Waals surface area contributed by atoms with E-state index < -0.39 is 93.6 Å². The second-order valence-corrected chi connectivity index (χ2v) is 2.00. The van der Waals surface area contributed by atoms with Gasteiger partial charge in [0.15, 0.2) is 0 Å². The quantitative estimate of drug-likeness (QED) is 0.589. The van der Waals surface area contributed by atoms with Gasteiger partial charge < -0.3 is 0 Å². The predicted octanol–water partition coefficient (Wildman–Crippen LogP) is 4.98. The minimum absolute atomic E-state index is 1.03. The fraction of sp³-hybridized carbons (Fsp3) is 0.600. The van der Waals surface area contributed by atoms with Gasteiger partial charge in [-0.2, -0.15) is 0 Å². The van der Waals surface area contributed by atoms with Gasteiger partial charge in [-0.3, -0.25) is 0 Å². The fourth-order valence-corrected chi connectivity index (χ4v) is 0.562. The van der Waals surface area contributed by atoms with Crippen molar-refractivity contribution in [1.29, 1.82) is 0 Å². The normalized spacial score (nSPS) is 42.4. The van der Waals surface area contributed by atoms with Crippen LogP contribution in [0.5, 0.6) is 0 Å². The SMILES string of the molecule is [2H]c1c([2H])c([2H])c(C([2H])([2H])C([2H])([2H])C([2H])([2H])C([2H])([2H])C([2H])([2H])C([2H])([2H])C([2H])([2H])C([2H])([2H])C([2H])([2H])[2H])c([2H])c1[2H]. The Morgan fingerprint density at radius 3 is 2.40 bits per heavy atom. The van der Waals surface area contributed by atoms with Gasteiger partial charge in [0.2, 0.25) is 0 Å². The molecule has 0 N–H and O–H groups in total. The number of benzene rings is 1. The van der Waals surface area contributed by atoms with Crippen molar-refractivity contribution >= 4 is 0 Å². The van der Waals surface area contributed by atoms with E-state index in [4.69, 9.17) is 32.9 Å². The van der Waals surface area contributed by atoms with Crippen LogP contribution in [0.25, 0.3) is 0 Å². The van der Waals surface area contributed by atoms with E-state index in [2.05, 4.69) is 0 Å². The average molecular weight is 229 g/mol. The summed E-state index contributed by atoms with van der Waals surface area (Å²) in [6.07, 6.45) is -35.5. The molecule has 0 heteroatoms. The van der Waals surface area contributed by atoms with Crippen molar-refractivity contribution in [2.75, 3.05) is 0 Å². The van der Waals surface area contributed by atoms with Crippen LogP contribution in [0.3, 0.4) is 0 Å². The molecule has 15 heavy (non-hydrogen) atoms. The molecule has 0 spiro atoms. The minimum atomic E-state index is -4.65. The molecule has 1 aromatic carbocycles. The van der Waals surface area contributed by atoms with Crippen molar-refractivity contribution in [2.24, 2.45) is 0 Å². The molecule has 0 saturated heterocycles. The van der Waals surface area contributed by atoms with Crippen molar-refractivity contribution in [1.82, 2.24) is 0 Å². The zero-order valence-electron chi connectivity index (χ0n) is 31.5. The lowest BCUT2D eigenvalue weighted by Crippen LogP contribution is -1.85. The molecule has 84 valence electrons. The molecule has 0 radical (unpaired) electrons. The first-order valence-electron chi connectivity index (χ1n) is 15.8. The summed E-state index contributed by atoms with van der Waals surface area (Å²) >= 11 is 0. The standard InChI is InChI=1S/C15H24/c1-2-3-4-5-6-7-9-12-15-13-10-8-11-14-15/h8,10-11,13-14H,2-7,9,12H2,1H3/i1D3,2D2,3D2,4D2,5D2,6D2,7D2,8D,9D2,10D,11D,12D2,13D,14D. The van der Waals surface area contributed by atoms with Crippen LogP contribution in [0, 0.1) is 0 Å². The van der Waals surface area contributed by atoms with Gasteiger partial charge in [0.25, 0.3) is 0 Å². The van der Waals surface area contributed by atoms with E-state index in [1.54, 1.807) is 0 Å². The van der Waals surface area contributed by atoms with Crippen molar-refractivity contribution < 1.29 is 32.9 Å². The van der Waals surface area contributed by atoms with E-state index in [1.807, 2.05) is 0 Å². The van der Waals surface area contributed by atoms with Gasteiger partial charge in [0.05, 0.1) is 6.85 Å². The van der Waals surface area contributed by atoms with E-state index in [0.717, 1.165) is 0 Å². The van der Waals surface area contributed by atoms with E-state index in [0.29, 0.717) is 0 Å². The van der Waals surface area contributed by atoms with Crippen molar-refractivity contribution in [3.8, 4) is 0 Å². The highest BCUT2D eigenvalue weighted by atomic mass is 14.0. The van der Waals surface area contributed by atoms with E-state index >= 15 is 0 Å². The molecule has 0 atom stereocenters. The number of hydrogen-bond acceptors (Lipinski definition) is 0. The van der Waals surface area contributed by atoms with Crippen LogP contribution in [0.4, 0.5) is 0 Å². The monoisotopic (exact) mass is 228 g/mol. The topological polar surface area (TPSA) is 0 Å². The zero-order chi connectivity index (χ0) is 32.0. The second kappa shape index (κ2) is 8.52. The zero-order valence-corrected chi connectivity index (χ0v) is 7.50. The first kappa shape index (κ1) is 1.70. The Kier molecular flexibility index (Phi) is 0.967. The van der Waals surface area contributed by atoms with Crippen molar-refractivity contribution in [2.45, 2.75) is 57.8 Å². The third kappa shape index (κ3) is 6.33. The molecule has 0 aliphatic carbocycles. The Morgan fingerprint density at radius 1 is 1.00 bits per heavy atom. The molecule has 0 aliphatic heterocycles. The summed E-state index contributed by atoms with van der Waals surface area (Å²) in [4.78, 5) is 0. The van der Waals surface area contributed by atoms with Crippen LogP contribution in [-0.4, -0.2) is 0 Å². The van der Waals surface area contributed by atoms with E-state index in [-0.39, 0.29) is 0 Å². The summed E-state index contributed by atoms with van der Waals surface area (Å²) in [6, 6.07) is -6.04. The largest absolute Gasteiger partial charge is 0.0654 e. The van der Waals surface area contributed by atoms with Crippen molar-refractivity contribution in [3.63, 3.8) is 0 Å². The molecule has 1 aromatic rings. The summed E-state index contributed by atoms with van der Waals surface area (Å²) < 4.78 is 188. The molecule has 0 nitrogen and oxygen atoms in total. The molecule has 0 bridgehead atoms. The van der Waals surface area contributed by atoms with Gasteiger partial charge in [0.1, 0.15) is 0 Å². The van der Waals surface area contributed by atoms with Crippen LogP contribution < -0.4 is 0 Å². The van der Waals surface area contributed by atoms with Crippen molar-refractivity contribution in [3.05, 3.63) is 35.8 Å².